The topological polar surface area (TPSA) is 69.4 Å². The number of carbonyl (C=O) groups is 1. The molecule has 0 N–H and O–H groups in total. The first-order valence-electron chi connectivity index (χ1n) is 6.29. The van der Waals surface area contributed by atoms with Crippen LogP contribution in [0.5, 0.6) is 0 Å². The van der Waals surface area contributed by atoms with Gasteiger partial charge in [-0.15, -0.1) is 0 Å². The second kappa shape index (κ2) is 6.53. The molecule has 0 aromatic heterocycles. The summed E-state index contributed by atoms with van der Waals surface area (Å²) in [5.74, 6) is -1.28. The van der Waals surface area contributed by atoms with E-state index in [2.05, 4.69) is 0 Å². The lowest BCUT2D eigenvalue weighted by atomic mass is 10.1. The van der Waals surface area contributed by atoms with Crippen molar-refractivity contribution in [3.8, 4) is 0 Å². The van der Waals surface area contributed by atoms with E-state index >= 15 is 0 Å². The van der Waals surface area contributed by atoms with Crippen LogP contribution in [0.2, 0.25) is 5.02 Å². The number of nitrogens with zero attached hydrogens (tertiary/aromatic N) is 1. The summed E-state index contributed by atoms with van der Waals surface area (Å²) >= 11 is 5.76. The number of ether oxygens (including phenoxy) is 1. The molecular weight excluding hydrogens is 313 g/mol. The van der Waals surface area contributed by atoms with Crippen LogP contribution in [0.4, 0.5) is 10.1 Å². The summed E-state index contributed by atoms with van der Waals surface area (Å²) in [6, 6.07) is 9.06. The van der Waals surface area contributed by atoms with Gasteiger partial charge in [0.25, 0.3) is 5.69 Å². The van der Waals surface area contributed by atoms with Gasteiger partial charge in [-0.3, -0.25) is 10.1 Å². The van der Waals surface area contributed by atoms with E-state index in [1.165, 1.54) is 36.4 Å². The molecule has 22 heavy (non-hydrogen) atoms. The van der Waals surface area contributed by atoms with E-state index in [-0.39, 0.29) is 16.3 Å². The zero-order valence-corrected chi connectivity index (χ0v) is 12.2. The minimum Gasteiger partial charge on any atom is -0.454 e. The molecule has 0 aliphatic carbocycles. The van der Waals surface area contributed by atoms with E-state index in [4.69, 9.17) is 16.3 Å². The van der Waals surface area contributed by atoms with Crippen LogP contribution in [0, 0.1) is 15.9 Å². The quantitative estimate of drug-likeness (QED) is 0.477. The molecule has 0 unspecified atom stereocenters. The molecule has 2 aromatic rings. The van der Waals surface area contributed by atoms with Crippen LogP contribution < -0.4 is 0 Å². The van der Waals surface area contributed by atoms with Crippen LogP contribution in [0.1, 0.15) is 28.9 Å². The summed E-state index contributed by atoms with van der Waals surface area (Å²) in [6.07, 6.45) is -0.688. The molecule has 114 valence electrons. The molecule has 0 saturated carbocycles. The number of hydrogen-bond donors (Lipinski definition) is 0. The van der Waals surface area contributed by atoms with Gasteiger partial charge in [0, 0.05) is 11.1 Å². The number of carbonyl (C=O) groups excluding carboxylic acids is 1. The average molecular weight is 324 g/mol. The summed E-state index contributed by atoms with van der Waals surface area (Å²) in [5, 5.41) is 11.1. The van der Waals surface area contributed by atoms with Crippen LogP contribution in [0.25, 0.3) is 0 Å². The molecule has 0 heterocycles. The maximum absolute atomic E-state index is 12.9. The van der Waals surface area contributed by atoms with Crippen LogP contribution in [0.15, 0.2) is 42.5 Å². The van der Waals surface area contributed by atoms with Gasteiger partial charge in [0.05, 0.1) is 4.92 Å². The predicted molar refractivity (Wildman–Crippen MR) is 78.3 cm³/mol. The Kier molecular flexibility index (Phi) is 4.72. The van der Waals surface area contributed by atoms with Crippen molar-refractivity contribution < 1.29 is 18.8 Å². The molecule has 0 saturated heterocycles. The van der Waals surface area contributed by atoms with Gasteiger partial charge in [0.15, 0.2) is 0 Å². The second-order valence-electron chi connectivity index (χ2n) is 4.52. The fourth-order valence-electron chi connectivity index (χ4n) is 1.86. The number of benzene rings is 2. The Balaban J connectivity index is 2.23. The van der Waals surface area contributed by atoms with Gasteiger partial charge in [-0.25, -0.2) is 9.18 Å². The normalized spacial score (nSPS) is 11.8. The number of rotatable bonds is 4. The van der Waals surface area contributed by atoms with Gasteiger partial charge in [0.1, 0.15) is 17.5 Å². The molecule has 7 heteroatoms. The summed E-state index contributed by atoms with van der Waals surface area (Å²) in [7, 11) is 0. The van der Waals surface area contributed by atoms with E-state index in [9.17, 15) is 19.3 Å². The number of halogens is 2. The Bertz CT molecular complexity index is 718. The minimum atomic E-state index is -0.869. The Morgan fingerprint density at radius 2 is 1.91 bits per heavy atom. The van der Waals surface area contributed by atoms with Crippen molar-refractivity contribution >= 4 is 23.3 Å². The van der Waals surface area contributed by atoms with Gasteiger partial charge < -0.3 is 4.74 Å². The summed E-state index contributed by atoms with van der Waals surface area (Å²) in [4.78, 5) is 22.4. The fourth-order valence-corrected chi connectivity index (χ4v) is 2.03. The molecule has 0 spiro atoms. The standard InChI is InChI=1S/C15H11ClFNO4/c1-9(10-2-5-12(17)6-3-10)22-15(19)13-8-11(16)4-7-14(13)18(20)21/h2-9H,1H3/t9-/m0/s1. The van der Waals surface area contributed by atoms with Crippen LogP contribution in [0.3, 0.4) is 0 Å². The van der Waals surface area contributed by atoms with Gasteiger partial charge in [-0.2, -0.15) is 0 Å². The lowest BCUT2D eigenvalue weighted by Gasteiger charge is -2.13. The van der Waals surface area contributed by atoms with Crippen molar-refractivity contribution in [1.82, 2.24) is 0 Å². The van der Waals surface area contributed by atoms with E-state index < -0.39 is 22.8 Å². The van der Waals surface area contributed by atoms with Crippen LogP contribution >= 0.6 is 11.6 Å². The average Bonchev–Trinajstić information content (AvgIpc) is 2.47. The van der Waals surface area contributed by atoms with Crippen molar-refractivity contribution in [3.63, 3.8) is 0 Å². The minimum absolute atomic E-state index is 0.187. The molecule has 2 aromatic carbocycles. The maximum Gasteiger partial charge on any atom is 0.345 e. The molecule has 0 aliphatic heterocycles. The van der Waals surface area contributed by atoms with E-state index in [0.717, 1.165) is 6.07 Å². The predicted octanol–water partition coefficient (Wildman–Crippen LogP) is 4.31. The lowest BCUT2D eigenvalue weighted by molar-refractivity contribution is -0.385. The lowest BCUT2D eigenvalue weighted by Crippen LogP contribution is -2.11. The third-order valence-electron chi connectivity index (χ3n) is 3.00. The van der Waals surface area contributed by atoms with Gasteiger partial charge in [-0.1, -0.05) is 23.7 Å². The number of nitro benzene ring substituents is 1. The zero-order chi connectivity index (χ0) is 16.3. The van der Waals surface area contributed by atoms with E-state index in [1.807, 2.05) is 0 Å². The monoisotopic (exact) mass is 323 g/mol. The molecule has 2 rings (SSSR count). The summed E-state index contributed by atoms with van der Waals surface area (Å²) in [6.45, 7) is 1.58. The first kappa shape index (κ1) is 15.9. The Morgan fingerprint density at radius 3 is 2.50 bits per heavy atom. The number of nitro groups is 1. The van der Waals surface area contributed by atoms with E-state index in [1.54, 1.807) is 6.92 Å². The first-order chi connectivity index (χ1) is 10.4. The van der Waals surface area contributed by atoms with Gasteiger partial charge in [0.2, 0.25) is 0 Å². The van der Waals surface area contributed by atoms with Crippen molar-refractivity contribution in [2.45, 2.75) is 13.0 Å². The highest BCUT2D eigenvalue weighted by Gasteiger charge is 2.23. The molecule has 0 amide bonds. The smallest absolute Gasteiger partial charge is 0.345 e. The largest absolute Gasteiger partial charge is 0.454 e. The fraction of sp³-hybridized carbons (Fsp3) is 0.133. The molecule has 0 radical (unpaired) electrons. The number of hydrogen-bond acceptors (Lipinski definition) is 4. The van der Waals surface area contributed by atoms with Crippen molar-refractivity contribution in [3.05, 3.63) is 74.5 Å². The zero-order valence-electron chi connectivity index (χ0n) is 11.5. The second-order valence-corrected chi connectivity index (χ2v) is 4.95. The molecule has 1 atom stereocenters. The van der Waals surface area contributed by atoms with Gasteiger partial charge in [-0.05, 0) is 36.8 Å². The highest BCUT2D eigenvalue weighted by atomic mass is 35.5. The third-order valence-corrected chi connectivity index (χ3v) is 3.23. The third kappa shape index (κ3) is 3.59. The maximum atomic E-state index is 12.9. The molecule has 0 bridgehead atoms. The van der Waals surface area contributed by atoms with Crippen molar-refractivity contribution in [1.29, 1.82) is 0 Å². The number of esters is 1. The SMILES string of the molecule is C[C@H](OC(=O)c1cc(Cl)ccc1[N+](=O)[O-])c1ccc(F)cc1. The molecule has 0 fully saturated rings. The molecule has 0 aliphatic rings. The van der Waals surface area contributed by atoms with Crippen molar-refractivity contribution in [2.24, 2.45) is 0 Å². The van der Waals surface area contributed by atoms with Gasteiger partial charge >= 0.3 is 5.97 Å². The van der Waals surface area contributed by atoms with Crippen LogP contribution in [-0.2, 0) is 4.74 Å². The van der Waals surface area contributed by atoms with Crippen molar-refractivity contribution in [2.75, 3.05) is 0 Å². The first-order valence-corrected chi connectivity index (χ1v) is 6.66. The highest BCUT2D eigenvalue weighted by Crippen LogP contribution is 2.26. The molecular formula is C15H11ClFNO4. The Hall–Kier alpha value is -2.47. The summed E-state index contributed by atoms with van der Waals surface area (Å²) < 4.78 is 18.1. The highest BCUT2D eigenvalue weighted by molar-refractivity contribution is 6.31. The van der Waals surface area contributed by atoms with Crippen LogP contribution in [-0.4, -0.2) is 10.9 Å². The summed E-state index contributed by atoms with van der Waals surface area (Å²) in [5.41, 5.74) is -0.0494. The van der Waals surface area contributed by atoms with E-state index in [0.29, 0.717) is 5.56 Å². The Labute approximate surface area is 130 Å². The molecule has 5 nitrogen and oxygen atoms in total. The Morgan fingerprint density at radius 1 is 1.27 bits per heavy atom.